The number of fused-ring (bicyclic) bond motifs is 2. The number of hydrogen-bond acceptors (Lipinski definition) is 3. The van der Waals surface area contributed by atoms with E-state index in [9.17, 15) is 4.79 Å². The highest BCUT2D eigenvalue weighted by Gasteiger charge is 2.35. The molecule has 2 aliphatic heterocycles. The molecular weight excluding hydrogens is 298 g/mol. The molecule has 3 rings (SSSR count). The van der Waals surface area contributed by atoms with Crippen molar-refractivity contribution in [3.8, 4) is 0 Å². The van der Waals surface area contributed by atoms with Crippen molar-refractivity contribution >= 4 is 18.3 Å². The maximum Gasteiger partial charge on any atom is 0.234 e. The van der Waals surface area contributed by atoms with Crippen LogP contribution in [0, 0.1) is 0 Å². The summed E-state index contributed by atoms with van der Waals surface area (Å²) in [5.41, 5.74) is 1.15. The third-order valence-electron chi connectivity index (χ3n) is 4.80. The molecule has 0 aromatic heterocycles. The van der Waals surface area contributed by atoms with Crippen LogP contribution in [0.3, 0.4) is 0 Å². The number of piperidine rings is 1. The first kappa shape index (κ1) is 17.3. The predicted molar refractivity (Wildman–Crippen MR) is 91.1 cm³/mol. The second-order valence-electron chi connectivity index (χ2n) is 6.44. The van der Waals surface area contributed by atoms with Gasteiger partial charge in [0.25, 0.3) is 0 Å². The Bertz CT molecular complexity index is 470. The topological polar surface area (TPSA) is 44.4 Å². The highest BCUT2D eigenvalue weighted by Crippen LogP contribution is 2.29. The van der Waals surface area contributed by atoms with Crippen LogP contribution in [-0.2, 0) is 11.3 Å². The van der Waals surface area contributed by atoms with Crippen LogP contribution >= 0.6 is 12.4 Å². The highest BCUT2D eigenvalue weighted by atomic mass is 35.5. The number of nitrogens with zero attached hydrogens (tertiary/aromatic N) is 1. The Hall–Kier alpha value is -1.10. The molecule has 0 aliphatic carbocycles. The van der Waals surface area contributed by atoms with Gasteiger partial charge in [-0.2, -0.15) is 0 Å². The standard InChI is InChI=1S/C17H25N3O.ClH/c1-20(16-9-14-7-8-15(10-16)19-14)12-17(21)18-11-13-5-3-2-4-6-13;/h2-6,14-16,19H,7-12H2,1H3,(H,18,21);1H. The Morgan fingerprint density at radius 1 is 1.23 bits per heavy atom. The van der Waals surface area contributed by atoms with Gasteiger partial charge in [-0.25, -0.2) is 0 Å². The van der Waals surface area contributed by atoms with Crippen molar-refractivity contribution in [3.05, 3.63) is 35.9 Å². The molecule has 5 heteroatoms. The maximum absolute atomic E-state index is 12.1. The fourth-order valence-corrected chi connectivity index (χ4v) is 3.60. The molecule has 0 saturated carbocycles. The molecule has 2 unspecified atom stereocenters. The molecule has 2 N–H and O–H groups in total. The average molecular weight is 324 g/mol. The van der Waals surface area contributed by atoms with Crippen molar-refractivity contribution in [3.63, 3.8) is 0 Å². The monoisotopic (exact) mass is 323 g/mol. The average Bonchev–Trinajstić information content (AvgIpc) is 2.84. The maximum atomic E-state index is 12.1. The van der Waals surface area contributed by atoms with Crippen molar-refractivity contribution in [1.82, 2.24) is 15.5 Å². The van der Waals surface area contributed by atoms with Crippen molar-refractivity contribution in [2.75, 3.05) is 13.6 Å². The lowest BCUT2D eigenvalue weighted by Crippen LogP contribution is -2.49. The molecule has 2 heterocycles. The van der Waals surface area contributed by atoms with Gasteiger partial charge in [0.15, 0.2) is 0 Å². The normalized spacial score (nSPS) is 26.5. The first-order chi connectivity index (χ1) is 10.2. The summed E-state index contributed by atoms with van der Waals surface area (Å²) in [5.74, 6) is 0.118. The number of carbonyl (C=O) groups excluding carboxylic acids is 1. The van der Waals surface area contributed by atoms with Gasteiger partial charge in [-0.15, -0.1) is 12.4 Å². The summed E-state index contributed by atoms with van der Waals surface area (Å²) >= 11 is 0. The Morgan fingerprint density at radius 3 is 2.50 bits per heavy atom. The lowest BCUT2D eigenvalue weighted by Gasteiger charge is -2.35. The number of halogens is 1. The summed E-state index contributed by atoms with van der Waals surface area (Å²) in [6.45, 7) is 1.11. The van der Waals surface area contributed by atoms with E-state index in [1.165, 1.54) is 25.7 Å². The lowest BCUT2D eigenvalue weighted by molar-refractivity contribution is -0.122. The molecular formula is C17H26ClN3O. The van der Waals surface area contributed by atoms with E-state index in [0.29, 0.717) is 31.2 Å². The fraction of sp³-hybridized carbons (Fsp3) is 0.588. The molecule has 2 fully saturated rings. The molecule has 22 heavy (non-hydrogen) atoms. The van der Waals surface area contributed by atoms with E-state index in [-0.39, 0.29) is 18.3 Å². The minimum absolute atomic E-state index is 0. The van der Waals surface area contributed by atoms with Crippen LogP contribution in [0.25, 0.3) is 0 Å². The molecule has 1 aromatic carbocycles. The minimum atomic E-state index is 0. The van der Waals surface area contributed by atoms with E-state index < -0.39 is 0 Å². The SMILES string of the molecule is CN(CC(=O)NCc1ccccc1)C1CC2CCC(C1)N2.Cl. The van der Waals surface area contributed by atoms with Gasteiger partial charge in [0.1, 0.15) is 0 Å². The molecule has 2 saturated heterocycles. The summed E-state index contributed by atoms with van der Waals surface area (Å²) in [5, 5.41) is 6.66. The van der Waals surface area contributed by atoms with Gasteiger partial charge in [-0.1, -0.05) is 30.3 Å². The van der Waals surface area contributed by atoms with Crippen LogP contribution in [0.5, 0.6) is 0 Å². The van der Waals surface area contributed by atoms with E-state index in [4.69, 9.17) is 0 Å². The summed E-state index contributed by atoms with van der Waals surface area (Å²) in [4.78, 5) is 14.3. The quantitative estimate of drug-likeness (QED) is 0.870. The molecule has 4 nitrogen and oxygen atoms in total. The molecule has 2 bridgehead atoms. The van der Waals surface area contributed by atoms with E-state index in [1.54, 1.807) is 0 Å². The first-order valence-corrected chi connectivity index (χ1v) is 7.97. The van der Waals surface area contributed by atoms with Crippen LogP contribution in [-0.4, -0.2) is 42.5 Å². The first-order valence-electron chi connectivity index (χ1n) is 7.97. The lowest BCUT2D eigenvalue weighted by atomic mass is 9.98. The summed E-state index contributed by atoms with van der Waals surface area (Å²) < 4.78 is 0. The number of nitrogens with one attached hydrogen (secondary N) is 2. The molecule has 0 radical (unpaired) electrons. The molecule has 0 spiro atoms. The van der Waals surface area contributed by atoms with Crippen LogP contribution in [0.2, 0.25) is 0 Å². The number of carbonyl (C=O) groups is 1. The van der Waals surface area contributed by atoms with E-state index >= 15 is 0 Å². The fourth-order valence-electron chi connectivity index (χ4n) is 3.60. The minimum Gasteiger partial charge on any atom is -0.351 e. The zero-order valence-electron chi connectivity index (χ0n) is 13.1. The Balaban J connectivity index is 0.00000176. The number of amides is 1. The molecule has 2 atom stereocenters. The molecule has 1 amide bonds. The smallest absolute Gasteiger partial charge is 0.234 e. The zero-order chi connectivity index (χ0) is 14.7. The molecule has 2 aliphatic rings. The van der Waals surface area contributed by atoms with Crippen LogP contribution in [0.1, 0.15) is 31.2 Å². The summed E-state index contributed by atoms with van der Waals surface area (Å²) in [6.07, 6.45) is 4.96. The Kier molecular flexibility index (Phi) is 6.24. The van der Waals surface area contributed by atoms with Gasteiger partial charge in [-0.3, -0.25) is 9.69 Å². The zero-order valence-corrected chi connectivity index (χ0v) is 13.9. The number of hydrogen-bond donors (Lipinski definition) is 2. The second-order valence-corrected chi connectivity index (χ2v) is 6.44. The third kappa shape index (κ3) is 4.45. The summed E-state index contributed by atoms with van der Waals surface area (Å²) in [6, 6.07) is 11.9. The van der Waals surface area contributed by atoms with E-state index in [1.807, 2.05) is 30.3 Å². The van der Waals surface area contributed by atoms with E-state index in [0.717, 1.165) is 5.56 Å². The van der Waals surface area contributed by atoms with Gasteiger partial charge >= 0.3 is 0 Å². The number of likely N-dealkylation sites (N-methyl/N-ethyl adjacent to an activating group) is 1. The van der Waals surface area contributed by atoms with Gasteiger partial charge in [0.05, 0.1) is 6.54 Å². The van der Waals surface area contributed by atoms with Crippen molar-refractivity contribution < 1.29 is 4.79 Å². The van der Waals surface area contributed by atoms with Gasteiger partial charge < -0.3 is 10.6 Å². The van der Waals surface area contributed by atoms with Crippen molar-refractivity contribution in [1.29, 1.82) is 0 Å². The van der Waals surface area contributed by atoms with Crippen LogP contribution < -0.4 is 10.6 Å². The van der Waals surface area contributed by atoms with Crippen molar-refractivity contribution in [2.24, 2.45) is 0 Å². The highest BCUT2D eigenvalue weighted by molar-refractivity contribution is 5.85. The van der Waals surface area contributed by atoms with Gasteiger partial charge in [-0.05, 0) is 38.3 Å². The van der Waals surface area contributed by atoms with Crippen LogP contribution in [0.4, 0.5) is 0 Å². The van der Waals surface area contributed by atoms with Crippen LogP contribution in [0.15, 0.2) is 30.3 Å². The summed E-state index contributed by atoms with van der Waals surface area (Å²) in [7, 11) is 2.08. The molecule has 1 aromatic rings. The Labute approximate surface area is 139 Å². The van der Waals surface area contributed by atoms with Gasteiger partial charge in [0, 0.05) is 24.7 Å². The van der Waals surface area contributed by atoms with Crippen molar-refractivity contribution in [2.45, 2.75) is 50.4 Å². The van der Waals surface area contributed by atoms with E-state index in [2.05, 4.69) is 22.6 Å². The largest absolute Gasteiger partial charge is 0.351 e. The van der Waals surface area contributed by atoms with Gasteiger partial charge in [0.2, 0.25) is 5.91 Å². The third-order valence-corrected chi connectivity index (χ3v) is 4.80. The number of benzene rings is 1. The molecule has 122 valence electrons. The predicted octanol–water partition coefficient (Wildman–Crippen LogP) is 1.94. The number of rotatable bonds is 5. The second kappa shape index (κ2) is 7.95. The Morgan fingerprint density at radius 2 is 1.86 bits per heavy atom.